The molecule has 1 amide bonds. The highest BCUT2D eigenvalue weighted by atomic mass is 35.5. The van der Waals surface area contributed by atoms with Gasteiger partial charge in [-0.3, -0.25) is 14.6 Å². The summed E-state index contributed by atoms with van der Waals surface area (Å²) in [6, 6.07) is 16.8. The van der Waals surface area contributed by atoms with Gasteiger partial charge in [-0.05, 0) is 61.9 Å². The number of aromatic nitrogens is 4. The summed E-state index contributed by atoms with van der Waals surface area (Å²) in [5.41, 5.74) is 5.32. The van der Waals surface area contributed by atoms with Crippen LogP contribution in [-0.2, 0) is 6.54 Å². The maximum absolute atomic E-state index is 12.8. The molecule has 0 fully saturated rings. The summed E-state index contributed by atoms with van der Waals surface area (Å²) in [6.07, 6.45) is 0. The summed E-state index contributed by atoms with van der Waals surface area (Å²) >= 11 is 5.96. The fourth-order valence-corrected chi connectivity index (χ4v) is 3.45. The summed E-state index contributed by atoms with van der Waals surface area (Å²) in [6.45, 7) is 4.39. The summed E-state index contributed by atoms with van der Waals surface area (Å²) in [5, 5.41) is 15.3. The molecule has 4 rings (SSSR count). The Labute approximate surface area is 185 Å². The molecule has 7 nitrogen and oxygen atoms in total. The minimum absolute atomic E-state index is 0.274. The molecule has 2 N–H and O–H groups in total. The lowest BCUT2D eigenvalue weighted by molar-refractivity contribution is 0.102. The number of methoxy groups -OCH3 is 1. The van der Waals surface area contributed by atoms with Crippen molar-refractivity contribution >= 4 is 23.2 Å². The number of ether oxygens (including phenoxy) is 1. The number of nitrogens with zero attached hydrogens (tertiary/aromatic N) is 3. The molecule has 0 aliphatic rings. The number of carbonyl (C=O) groups is 1. The third-order valence-electron chi connectivity index (χ3n) is 5.07. The van der Waals surface area contributed by atoms with Gasteiger partial charge in [0, 0.05) is 10.6 Å². The van der Waals surface area contributed by atoms with E-state index in [4.69, 9.17) is 16.3 Å². The highest BCUT2D eigenvalue weighted by Gasteiger charge is 2.17. The zero-order valence-corrected chi connectivity index (χ0v) is 18.2. The summed E-state index contributed by atoms with van der Waals surface area (Å²) in [7, 11) is 1.62. The van der Waals surface area contributed by atoms with E-state index >= 15 is 0 Å². The highest BCUT2D eigenvalue weighted by molar-refractivity contribution is 6.30. The van der Waals surface area contributed by atoms with Crippen LogP contribution in [0.15, 0.2) is 54.6 Å². The molecule has 0 aliphatic heterocycles. The van der Waals surface area contributed by atoms with E-state index in [2.05, 4.69) is 20.6 Å². The molecule has 2 aromatic heterocycles. The van der Waals surface area contributed by atoms with Crippen LogP contribution in [0.1, 0.15) is 27.4 Å². The molecular formula is C23H22ClN5O2. The third kappa shape index (κ3) is 4.46. The number of rotatable bonds is 6. The quantitative estimate of drug-likeness (QED) is 0.453. The van der Waals surface area contributed by atoms with Crippen LogP contribution in [0.2, 0.25) is 5.02 Å². The SMILES string of the molecule is COc1ccc(-c2cc(C(=O)Nc3c(C)nn(Cc4ccc(Cl)cc4)c3C)[nH]n2)cc1. The number of nitrogens with one attached hydrogen (secondary N) is 2. The molecule has 31 heavy (non-hydrogen) atoms. The largest absolute Gasteiger partial charge is 0.497 e. The lowest BCUT2D eigenvalue weighted by Gasteiger charge is -2.07. The predicted octanol–water partition coefficient (Wildman–Crippen LogP) is 4.85. The van der Waals surface area contributed by atoms with Gasteiger partial charge in [0.1, 0.15) is 11.4 Å². The van der Waals surface area contributed by atoms with Crippen molar-refractivity contribution < 1.29 is 9.53 Å². The summed E-state index contributed by atoms with van der Waals surface area (Å²) < 4.78 is 7.04. The summed E-state index contributed by atoms with van der Waals surface area (Å²) in [4.78, 5) is 12.8. The van der Waals surface area contributed by atoms with Gasteiger partial charge in [-0.2, -0.15) is 10.2 Å². The molecule has 2 heterocycles. The molecule has 0 bridgehead atoms. The molecule has 0 aliphatic carbocycles. The maximum Gasteiger partial charge on any atom is 0.273 e. The molecule has 0 atom stereocenters. The normalized spacial score (nSPS) is 10.8. The van der Waals surface area contributed by atoms with Gasteiger partial charge in [-0.1, -0.05) is 23.7 Å². The second-order valence-electron chi connectivity index (χ2n) is 7.18. The number of aryl methyl sites for hydroxylation is 1. The van der Waals surface area contributed by atoms with Crippen LogP contribution in [0, 0.1) is 13.8 Å². The van der Waals surface area contributed by atoms with Crippen LogP contribution in [0.25, 0.3) is 11.3 Å². The van der Waals surface area contributed by atoms with E-state index in [1.54, 1.807) is 13.2 Å². The molecule has 0 unspecified atom stereocenters. The van der Waals surface area contributed by atoms with Gasteiger partial charge in [0.15, 0.2) is 0 Å². The van der Waals surface area contributed by atoms with Crippen LogP contribution < -0.4 is 10.1 Å². The second-order valence-corrected chi connectivity index (χ2v) is 7.62. The fourth-order valence-electron chi connectivity index (χ4n) is 3.32. The van der Waals surface area contributed by atoms with Gasteiger partial charge >= 0.3 is 0 Å². The Bertz CT molecular complexity index is 1210. The minimum Gasteiger partial charge on any atom is -0.497 e. The van der Waals surface area contributed by atoms with E-state index in [1.165, 1.54) is 0 Å². The zero-order valence-electron chi connectivity index (χ0n) is 17.4. The molecule has 158 valence electrons. The molecule has 2 aromatic carbocycles. The lowest BCUT2D eigenvalue weighted by atomic mass is 10.1. The Balaban J connectivity index is 1.50. The number of benzene rings is 2. The Kier molecular flexibility index (Phi) is 5.77. The van der Waals surface area contributed by atoms with Gasteiger partial charge in [-0.15, -0.1) is 0 Å². The zero-order chi connectivity index (χ0) is 22.0. The number of hydrogen-bond acceptors (Lipinski definition) is 4. The van der Waals surface area contributed by atoms with Crippen molar-refractivity contribution in [1.29, 1.82) is 0 Å². The van der Waals surface area contributed by atoms with E-state index in [1.807, 2.05) is 67.1 Å². The standard InChI is InChI=1S/C23H22ClN5O2/c1-14-22(15(2)29(28-14)13-16-4-8-18(24)9-5-16)25-23(30)21-12-20(26-27-21)17-6-10-19(31-3)11-7-17/h4-12H,13H2,1-3H3,(H,25,30)(H,26,27). The third-order valence-corrected chi connectivity index (χ3v) is 5.33. The van der Waals surface area contributed by atoms with Crippen molar-refractivity contribution in [3.8, 4) is 17.0 Å². The van der Waals surface area contributed by atoms with Gasteiger partial charge in [0.05, 0.1) is 36.4 Å². The van der Waals surface area contributed by atoms with Gasteiger partial charge in [0.25, 0.3) is 5.91 Å². The number of carbonyl (C=O) groups excluding carboxylic acids is 1. The van der Waals surface area contributed by atoms with E-state index in [-0.39, 0.29) is 5.91 Å². The smallest absolute Gasteiger partial charge is 0.273 e. The van der Waals surface area contributed by atoms with Crippen LogP contribution >= 0.6 is 11.6 Å². The Morgan fingerprint density at radius 1 is 1.13 bits per heavy atom. The van der Waals surface area contributed by atoms with Crippen molar-refractivity contribution in [1.82, 2.24) is 20.0 Å². The minimum atomic E-state index is -0.274. The first kappa shape index (κ1) is 20.7. The predicted molar refractivity (Wildman–Crippen MR) is 121 cm³/mol. The van der Waals surface area contributed by atoms with E-state index in [0.717, 1.165) is 28.3 Å². The van der Waals surface area contributed by atoms with Crippen LogP contribution in [0.3, 0.4) is 0 Å². The molecule has 0 spiro atoms. The molecule has 4 aromatic rings. The van der Waals surface area contributed by atoms with Crippen molar-refractivity contribution in [3.05, 3.63) is 82.3 Å². The fraction of sp³-hybridized carbons (Fsp3) is 0.174. The number of hydrogen-bond donors (Lipinski definition) is 2. The molecule has 8 heteroatoms. The number of aromatic amines is 1. The van der Waals surface area contributed by atoms with Crippen molar-refractivity contribution in [2.45, 2.75) is 20.4 Å². The second kappa shape index (κ2) is 8.65. The molecule has 0 saturated heterocycles. The Hall–Kier alpha value is -3.58. The van der Waals surface area contributed by atoms with Crippen LogP contribution in [-0.4, -0.2) is 33.0 Å². The highest BCUT2D eigenvalue weighted by Crippen LogP contribution is 2.24. The maximum atomic E-state index is 12.8. The Morgan fingerprint density at radius 3 is 2.52 bits per heavy atom. The number of H-pyrrole nitrogens is 1. The molecular weight excluding hydrogens is 414 g/mol. The summed E-state index contributed by atoms with van der Waals surface area (Å²) in [5.74, 6) is 0.489. The average Bonchev–Trinajstić information content (AvgIpc) is 3.37. The van der Waals surface area contributed by atoms with Crippen molar-refractivity contribution in [2.24, 2.45) is 0 Å². The number of anilines is 1. The monoisotopic (exact) mass is 435 g/mol. The topological polar surface area (TPSA) is 84.8 Å². The lowest BCUT2D eigenvalue weighted by Crippen LogP contribution is -2.14. The van der Waals surface area contributed by atoms with Gasteiger partial charge in [0.2, 0.25) is 0 Å². The van der Waals surface area contributed by atoms with Crippen LogP contribution in [0.4, 0.5) is 5.69 Å². The first-order valence-corrected chi connectivity index (χ1v) is 10.1. The van der Waals surface area contributed by atoms with E-state index < -0.39 is 0 Å². The first-order valence-electron chi connectivity index (χ1n) is 9.74. The van der Waals surface area contributed by atoms with E-state index in [0.29, 0.717) is 28.6 Å². The van der Waals surface area contributed by atoms with Crippen molar-refractivity contribution in [3.63, 3.8) is 0 Å². The van der Waals surface area contributed by atoms with E-state index in [9.17, 15) is 4.79 Å². The van der Waals surface area contributed by atoms with Gasteiger partial charge < -0.3 is 10.1 Å². The van der Waals surface area contributed by atoms with Gasteiger partial charge in [-0.25, -0.2) is 0 Å². The molecule has 0 radical (unpaired) electrons. The first-order chi connectivity index (χ1) is 14.9. The van der Waals surface area contributed by atoms with Crippen molar-refractivity contribution in [2.75, 3.05) is 12.4 Å². The number of amides is 1. The number of halogens is 1. The Morgan fingerprint density at radius 2 is 1.84 bits per heavy atom. The average molecular weight is 436 g/mol. The molecule has 0 saturated carbocycles. The van der Waals surface area contributed by atoms with Crippen LogP contribution in [0.5, 0.6) is 5.75 Å².